The molecule has 100 valence electrons. The molecule has 0 amide bonds. The fourth-order valence-electron chi connectivity index (χ4n) is 1.53. The van der Waals surface area contributed by atoms with Gasteiger partial charge in [0.05, 0.1) is 11.1 Å². The molecule has 1 aromatic heterocycles. The van der Waals surface area contributed by atoms with Crippen molar-refractivity contribution in [3.05, 3.63) is 35.8 Å². The third-order valence-corrected chi connectivity index (χ3v) is 2.69. The van der Waals surface area contributed by atoms with Crippen LogP contribution in [0.1, 0.15) is 24.2 Å². The predicted octanol–water partition coefficient (Wildman–Crippen LogP) is 2.84. The molecule has 0 aliphatic heterocycles. The van der Waals surface area contributed by atoms with E-state index in [4.69, 9.17) is 5.11 Å². The molecule has 0 saturated heterocycles. The smallest absolute Gasteiger partial charge is 0.416 e. The van der Waals surface area contributed by atoms with E-state index < -0.39 is 23.6 Å². The van der Waals surface area contributed by atoms with E-state index in [1.807, 2.05) is 0 Å². The quantitative estimate of drug-likeness (QED) is 0.911. The first-order valence-corrected chi connectivity index (χ1v) is 5.36. The zero-order valence-corrected chi connectivity index (χ0v) is 9.77. The SMILES string of the molecule is CC(C(=O)O)c1ncc2ccc(C(F)(F)F)cc2n1. The largest absolute Gasteiger partial charge is 0.481 e. The molecule has 1 aromatic carbocycles. The van der Waals surface area contributed by atoms with Crippen LogP contribution in [0, 0.1) is 0 Å². The van der Waals surface area contributed by atoms with Crippen LogP contribution in [0.5, 0.6) is 0 Å². The van der Waals surface area contributed by atoms with E-state index >= 15 is 0 Å². The summed E-state index contributed by atoms with van der Waals surface area (Å²) in [6.45, 7) is 1.37. The van der Waals surface area contributed by atoms with Gasteiger partial charge in [-0.2, -0.15) is 13.2 Å². The van der Waals surface area contributed by atoms with Gasteiger partial charge in [-0.25, -0.2) is 9.97 Å². The maximum Gasteiger partial charge on any atom is 0.416 e. The Morgan fingerprint density at radius 2 is 2.05 bits per heavy atom. The van der Waals surface area contributed by atoms with Gasteiger partial charge in [0.15, 0.2) is 0 Å². The number of carboxylic acids is 1. The van der Waals surface area contributed by atoms with Crippen molar-refractivity contribution >= 4 is 16.9 Å². The monoisotopic (exact) mass is 270 g/mol. The van der Waals surface area contributed by atoms with Crippen molar-refractivity contribution in [3.63, 3.8) is 0 Å². The Kier molecular flexibility index (Phi) is 3.13. The second kappa shape index (κ2) is 4.49. The van der Waals surface area contributed by atoms with Gasteiger partial charge in [-0.05, 0) is 19.1 Å². The number of carboxylic acid groups (broad SMARTS) is 1. The normalized spacial score (nSPS) is 13.5. The molecule has 0 saturated carbocycles. The van der Waals surface area contributed by atoms with Crippen LogP contribution in [0.4, 0.5) is 13.2 Å². The maximum absolute atomic E-state index is 12.6. The van der Waals surface area contributed by atoms with Gasteiger partial charge in [0.1, 0.15) is 11.7 Å². The number of halogens is 3. The second-order valence-corrected chi connectivity index (χ2v) is 4.06. The van der Waals surface area contributed by atoms with E-state index in [-0.39, 0.29) is 11.3 Å². The Balaban J connectivity index is 2.54. The zero-order chi connectivity index (χ0) is 14.2. The summed E-state index contributed by atoms with van der Waals surface area (Å²) in [6, 6.07) is 3.08. The topological polar surface area (TPSA) is 63.1 Å². The zero-order valence-electron chi connectivity index (χ0n) is 9.77. The number of carbonyl (C=O) groups is 1. The van der Waals surface area contributed by atoms with Crippen LogP contribution in [0.25, 0.3) is 10.9 Å². The molecule has 0 spiro atoms. The lowest BCUT2D eigenvalue weighted by atomic mass is 10.1. The summed E-state index contributed by atoms with van der Waals surface area (Å²) < 4.78 is 37.7. The highest BCUT2D eigenvalue weighted by atomic mass is 19.4. The molecule has 4 nitrogen and oxygen atoms in total. The molecule has 0 radical (unpaired) electrons. The molecular formula is C12H9F3N2O2. The molecule has 2 rings (SSSR count). The fraction of sp³-hybridized carbons (Fsp3) is 0.250. The minimum Gasteiger partial charge on any atom is -0.481 e. The van der Waals surface area contributed by atoms with E-state index in [0.29, 0.717) is 5.39 Å². The lowest BCUT2D eigenvalue weighted by Crippen LogP contribution is -2.11. The van der Waals surface area contributed by atoms with Crippen LogP contribution < -0.4 is 0 Å². The van der Waals surface area contributed by atoms with Gasteiger partial charge in [-0.15, -0.1) is 0 Å². The van der Waals surface area contributed by atoms with Gasteiger partial charge in [0, 0.05) is 11.6 Å². The number of rotatable bonds is 2. The summed E-state index contributed by atoms with van der Waals surface area (Å²) in [6.07, 6.45) is -3.14. The summed E-state index contributed by atoms with van der Waals surface area (Å²) >= 11 is 0. The summed E-state index contributed by atoms with van der Waals surface area (Å²) in [5.41, 5.74) is -0.749. The van der Waals surface area contributed by atoms with Crippen molar-refractivity contribution in [1.29, 1.82) is 0 Å². The first kappa shape index (κ1) is 13.3. The first-order valence-electron chi connectivity index (χ1n) is 5.36. The molecule has 7 heteroatoms. The number of aliphatic carboxylic acids is 1. The highest BCUT2D eigenvalue weighted by molar-refractivity contribution is 5.80. The summed E-state index contributed by atoms with van der Waals surface area (Å²) in [7, 11) is 0. The van der Waals surface area contributed by atoms with Gasteiger partial charge in [-0.3, -0.25) is 4.79 Å². The number of alkyl halides is 3. The van der Waals surface area contributed by atoms with Gasteiger partial charge in [-0.1, -0.05) is 6.07 Å². The summed E-state index contributed by atoms with van der Waals surface area (Å²) in [5, 5.41) is 9.26. The third kappa shape index (κ3) is 2.64. The standard InChI is InChI=1S/C12H9F3N2O2/c1-6(11(18)19)10-16-5-7-2-3-8(12(13,14)15)4-9(7)17-10/h2-6H,1H3,(H,18,19). The molecule has 1 N–H and O–H groups in total. The minimum atomic E-state index is -4.46. The number of aromatic nitrogens is 2. The van der Waals surface area contributed by atoms with Crippen molar-refractivity contribution in [2.45, 2.75) is 19.0 Å². The van der Waals surface area contributed by atoms with Gasteiger partial charge in [0.2, 0.25) is 0 Å². The van der Waals surface area contributed by atoms with Crippen LogP contribution in [0.15, 0.2) is 24.4 Å². The van der Waals surface area contributed by atoms with Crippen molar-refractivity contribution in [1.82, 2.24) is 9.97 Å². The van der Waals surface area contributed by atoms with Crippen LogP contribution in [-0.2, 0) is 11.0 Å². The Bertz CT molecular complexity index is 640. The molecule has 1 unspecified atom stereocenters. The van der Waals surface area contributed by atoms with E-state index in [0.717, 1.165) is 12.1 Å². The van der Waals surface area contributed by atoms with Crippen LogP contribution in [0.2, 0.25) is 0 Å². The van der Waals surface area contributed by atoms with Crippen LogP contribution in [-0.4, -0.2) is 21.0 Å². The Labute approximate surface area is 105 Å². The molecule has 2 aromatic rings. The third-order valence-electron chi connectivity index (χ3n) is 2.69. The fourth-order valence-corrected chi connectivity index (χ4v) is 1.53. The molecule has 0 aliphatic carbocycles. The average Bonchev–Trinajstić information content (AvgIpc) is 2.35. The predicted molar refractivity (Wildman–Crippen MR) is 60.6 cm³/mol. The van der Waals surface area contributed by atoms with E-state index in [2.05, 4.69) is 9.97 Å². The summed E-state index contributed by atoms with van der Waals surface area (Å²) in [5.74, 6) is -2.12. The maximum atomic E-state index is 12.6. The molecule has 1 atom stereocenters. The number of hydrogen-bond donors (Lipinski definition) is 1. The minimum absolute atomic E-state index is 0.0145. The van der Waals surface area contributed by atoms with E-state index in [1.165, 1.54) is 19.2 Å². The molecule has 0 aliphatic rings. The van der Waals surface area contributed by atoms with E-state index in [9.17, 15) is 18.0 Å². The number of benzene rings is 1. The Morgan fingerprint density at radius 1 is 1.37 bits per heavy atom. The highest BCUT2D eigenvalue weighted by Gasteiger charge is 2.30. The molecule has 1 heterocycles. The Hall–Kier alpha value is -2.18. The lowest BCUT2D eigenvalue weighted by Gasteiger charge is -2.09. The molecular weight excluding hydrogens is 261 g/mol. The average molecular weight is 270 g/mol. The van der Waals surface area contributed by atoms with E-state index in [1.54, 1.807) is 0 Å². The van der Waals surface area contributed by atoms with Crippen molar-refractivity contribution in [3.8, 4) is 0 Å². The molecule has 19 heavy (non-hydrogen) atoms. The Morgan fingerprint density at radius 3 is 2.63 bits per heavy atom. The van der Waals surface area contributed by atoms with Crippen molar-refractivity contribution in [2.75, 3.05) is 0 Å². The lowest BCUT2D eigenvalue weighted by molar-refractivity contribution is -0.139. The molecule has 0 bridgehead atoms. The number of fused-ring (bicyclic) bond motifs is 1. The van der Waals surface area contributed by atoms with Gasteiger partial charge >= 0.3 is 12.1 Å². The van der Waals surface area contributed by atoms with Crippen molar-refractivity contribution in [2.24, 2.45) is 0 Å². The van der Waals surface area contributed by atoms with Crippen molar-refractivity contribution < 1.29 is 23.1 Å². The van der Waals surface area contributed by atoms with Crippen LogP contribution in [0.3, 0.4) is 0 Å². The molecule has 0 fully saturated rings. The van der Waals surface area contributed by atoms with Gasteiger partial charge in [0.25, 0.3) is 0 Å². The second-order valence-electron chi connectivity index (χ2n) is 4.06. The van der Waals surface area contributed by atoms with Crippen LogP contribution >= 0.6 is 0 Å². The first-order chi connectivity index (χ1) is 8.79. The highest BCUT2D eigenvalue weighted by Crippen LogP contribution is 2.31. The summed E-state index contributed by atoms with van der Waals surface area (Å²) in [4.78, 5) is 18.5. The number of hydrogen-bond acceptors (Lipinski definition) is 3. The number of nitrogens with zero attached hydrogens (tertiary/aromatic N) is 2. The van der Waals surface area contributed by atoms with Gasteiger partial charge < -0.3 is 5.11 Å².